The third-order valence-electron chi connectivity index (χ3n) is 2.48. The van der Waals surface area contributed by atoms with Gasteiger partial charge in [-0.1, -0.05) is 0 Å². The van der Waals surface area contributed by atoms with Crippen LogP contribution >= 0.6 is 0 Å². The average molecular weight is 285 g/mol. The molecule has 1 fully saturated rings. The van der Waals surface area contributed by atoms with E-state index in [1.807, 2.05) is 0 Å². The third-order valence-corrected chi connectivity index (χ3v) is 2.48. The molecule has 0 aromatic rings. The first-order chi connectivity index (χ1) is 7.97. The van der Waals surface area contributed by atoms with E-state index in [1.54, 1.807) is 0 Å². The van der Waals surface area contributed by atoms with E-state index in [-0.39, 0.29) is 18.1 Å². The van der Waals surface area contributed by atoms with Gasteiger partial charge in [-0.05, 0) is 0 Å². The second-order valence-corrected chi connectivity index (χ2v) is 3.75. The van der Waals surface area contributed by atoms with Crippen molar-refractivity contribution in [1.29, 1.82) is 0 Å². The summed E-state index contributed by atoms with van der Waals surface area (Å²) in [5, 5.41) is 9.03. The van der Waals surface area contributed by atoms with Crippen LogP contribution in [-0.4, -0.2) is 54.6 Å². The first-order valence-corrected chi connectivity index (χ1v) is 4.85. The Morgan fingerprint density at radius 1 is 0.889 bits per heavy atom. The highest BCUT2D eigenvalue weighted by Gasteiger charge is 2.69. The Morgan fingerprint density at radius 3 is 1.61 bits per heavy atom. The molecule has 1 aliphatic rings. The summed E-state index contributed by atoms with van der Waals surface area (Å²) in [4.78, 5) is 0.0716. The average Bonchev–Trinajstić information content (AvgIpc) is 2.13. The van der Waals surface area contributed by atoms with Gasteiger partial charge in [0.05, 0.1) is 13.2 Å². The van der Waals surface area contributed by atoms with E-state index in [2.05, 4.69) is 4.74 Å². The predicted octanol–water partition coefficient (Wildman–Crippen LogP) is 1.67. The van der Waals surface area contributed by atoms with Crippen molar-refractivity contribution < 1.29 is 40.6 Å². The van der Waals surface area contributed by atoms with Crippen molar-refractivity contribution in [3.05, 3.63) is 0 Å². The van der Waals surface area contributed by atoms with Crippen LogP contribution in [0.5, 0.6) is 0 Å². The second kappa shape index (κ2) is 4.82. The number of halogens is 7. The number of hydrogen-bond acceptors (Lipinski definition) is 3. The maximum absolute atomic E-state index is 13.6. The number of alkyl halides is 7. The summed E-state index contributed by atoms with van der Waals surface area (Å²) < 4.78 is 92.0. The summed E-state index contributed by atoms with van der Waals surface area (Å²) in [6.07, 6.45) is -11.9. The molecule has 0 saturated carbocycles. The van der Waals surface area contributed by atoms with Crippen LogP contribution in [0.15, 0.2) is 0 Å². The zero-order valence-corrected chi connectivity index (χ0v) is 8.85. The molecule has 10 heteroatoms. The van der Waals surface area contributed by atoms with E-state index in [0.717, 1.165) is 0 Å². The van der Waals surface area contributed by atoms with Crippen LogP contribution in [0.1, 0.15) is 0 Å². The summed E-state index contributed by atoms with van der Waals surface area (Å²) >= 11 is 0. The van der Waals surface area contributed by atoms with Crippen LogP contribution in [0, 0.1) is 5.92 Å². The molecule has 1 rings (SSSR count). The van der Waals surface area contributed by atoms with Gasteiger partial charge in [-0.25, -0.2) is 4.90 Å². The minimum absolute atomic E-state index is 0.0716. The Kier molecular flexibility index (Phi) is 4.13. The van der Waals surface area contributed by atoms with Crippen molar-refractivity contribution >= 4 is 0 Å². The van der Waals surface area contributed by atoms with Gasteiger partial charge < -0.3 is 9.84 Å². The highest BCUT2D eigenvalue weighted by molar-refractivity contribution is 4.88. The van der Waals surface area contributed by atoms with Gasteiger partial charge in [-0.15, -0.1) is 0 Å². The zero-order chi connectivity index (χ0) is 14.2. The fraction of sp³-hybridized carbons (Fsp3) is 1.00. The molecule has 0 spiro atoms. The van der Waals surface area contributed by atoms with Crippen molar-refractivity contribution in [2.24, 2.45) is 5.92 Å². The summed E-state index contributed by atoms with van der Waals surface area (Å²) in [7, 11) is 0. The number of nitrogens with zero attached hydrogens (tertiary/aromatic N) is 1. The fourth-order valence-electron chi connectivity index (χ4n) is 1.66. The molecule has 108 valence electrons. The molecule has 1 unspecified atom stereocenters. The minimum atomic E-state index is -5.94. The van der Waals surface area contributed by atoms with Crippen molar-refractivity contribution in [2.45, 2.75) is 18.3 Å². The standard InChI is InChI=1S/C8H10F7NO2/c9-6(10,11)5(7(12,13)14)8(15,17)16-1-3-18-4-2-16/h5,17H,1-4H2. The monoisotopic (exact) mass is 285 g/mol. The van der Waals surface area contributed by atoms with Crippen molar-refractivity contribution in [2.75, 3.05) is 26.3 Å². The Bertz CT molecular complexity index is 268. The number of aliphatic hydroxyl groups is 1. The smallest absolute Gasteiger partial charge is 0.379 e. The van der Waals surface area contributed by atoms with Gasteiger partial charge >= 0.3 is 12.4 Å². The Balaban J connectivity index is 3.03. The van der Waals surface area contributed by atoms with Crippen LogP contribution < -0.4 is 0 Å². The summed E-state index contributed by atoms with van der Waals surface area (Å²) in [6.45, 7) is -1.63. The topological polar surface area (TPSA) is 32.7 Å². The number of hydrogen-bond donors (Lipinski definition) is 1. The molecule has 0 aromatic heterocycles. The molecule has 1 heterocycles. The molecule has 18 heavy (non-hydrogen) atoms. The molecule has 0 radical (unpaired) electrons. The zero-order valence-electron chi connectivity index (χ0n) is 8.85. The number of rotatable bonds is 2. The molecule has 0 amide bonds. The van der Waals surface area contributed by atoms with Gasteiger partial charge in [0.25, 0.3) is 5.98 Å². The quantitative estimate of drug-likeness (QED) is 0.619. The highest BCUT2D eigenvalue weighted by atomic mass is 19.4. The lowest BCUT2D eigenvalue weighted by atomic mass is 10.0. The summed E-state index contributed by atoms with van der Waals surface area (Å²) in [5.74, 6) is -9.02. The molecule has 0 aliphatic carbocycles. The minimum Gasteiger partial charge on any atom is -0.379 e. The van der Waals surface area contributed by atoms with E-state index in [4.69, 9.17) is 5.11 Å². The van der Waals surface area contributed by atoms with E-state index >= 15 is 0 Å². The fourth-order valence-corrected chi connectivity index (χ4v) is 1.66. The molecular formula is C8H10F7NO2. The van der Waals surface area contributed by atoms with Crippen molar-refractivity contribution in [1.82, 2.24) is 4.90 Å². The van der Waals surface area contributed by atoms with Gasteiger partial charge in [0.2, 0.25) is 5.92 Å². The molecule has 1 atom stereocenters. The predicted molar refractivity (Wildman–Crippen MR) is 44.0 cm³/mol. The second-order valence-electron chi connectivity index (χ2n) is 3.75. The molecule has 0 bridgehead atoms. The Labute approximate surface area is 97.1 Å². The summed E-state index contributed by atoms with van der Waals surface area (Å²) in [6, 6.07) is 0. The molecular weight excluding hydrogens is 275 g/mol. The number of morpholine rings is 1. The molecule has 0 aromatic carbocycles. The van der Waals surface area contributed by atoms with Crippen molar-refractivity contribution in [3.8, 4) is 0 Å². The van der Waals surface area contributed by atoms with Crippen LogP contribution in [-0.2, 0) is 4.74 Å². The number of ether oxygens (including phenoxy) is 1. The normalized spacial score (nSPS) is 23.2. The van der Waals surface area contributed by atoms with Crippen LogP contribution in [0.2, 0.25) is 0 Å². The van der Waals surface area contributed by atoms with Gasteiger partial charge in [0.15, 0.2) is 0 Å². The van der Waals surface area contributed by atoms with Crippen LogP contribution in [0.25, 0.3) is 0 Å². The largest absolute Gasteiger partial charge is 0.407 e. The Hall–Kier alpha value is -0.610. The molecule has 1 aliphatic heterocycles. The Morgan fingerprint density at radius 2 is 1.28 bits per heavy atom. The van der Waals surface area contributed by atoms with E-state index in [1.165, 1.54) is 0 Å². The molecule has 1 saturated heterocycles. The third kappa shape index (κ3) is 3.23. The van der Waals surface area contributed by atoms with E-state index < -0.39 is 37.3 Å². The highest BCUT2D eigenvalue weighted by Crippen LogP contribution is 2.47. The van der Waals surface area contributed by atoms with Gasteiger partial charge in [-0.3, -0.25) is 0 Å². The van der Waals surface area contributed by atoms with E-state index in [9.17, 15) is 30.7 Å². The van der Waals surface area contributed by atoms with Crippen LogP contribution in [0.3, 0.4) is 0 Å². The van der Waals surface area contributed by atoms with Gasteiger partial charge in [-0.2, -0.15) is 30.7 Å². The first kappa shape index (κ1) is 15.4. The first-order valence-electron chi connectivity index (χ1n) is 4.85. The maximum Gasteiger partial charge on any atom is 0.407 e. The lowest BCUT2D eigenvalue weighted by Gasteiger charge is -2.41. The SMILES string of the molecule is OC(F)(C(C(F)(F)F)C(F)(F)F)N1CCOCC1. The van der Waals surface area contributed by atoms with Gasteiger partial charge in [0, 0.05) is 13.1 Å². The molecule has 3 nitrogen and oxygen atoms in total. The summed E-state index contributed by atoms with van der Waals surface area (Å²) in [5.41, 5.74) is 0. The van der Waals surface area contributed by atoms with E-state index in [0.29, 0.717) is 0 Å². The van der Waals surface area contributed by atoms with Crippen LogP contribution in [0.4, 0.5) is 30.7 Å². The van der Waals surface area contributed by atoms with Gasteiger partial charge in [0.1, 0.15) is 0 Å². The lowest BCUT2D eigenvalue weighted by Crippen LogP contribution is -2.62. The van der Waals surface area contributed by atoms with Crippen molar-refractivity contribution in [3.63, 3.8) is 0 Å². The maximum atomic E-state index is 13.6. The molecule has 1 N–H and O–H groups in total. The lowest BCUT2D eigenvalue weighted by molar-refractivity contribution is -0.390.